The molecule has 2 aliphatic rings. The molecule has 8 bridgehead atoms. The summed E-state index contributed by atoms with van der Waals surface area (Å²) in [5.74, 6) is 0. The van der Waals surface area contributed by atoms with Crippen molar-refractivity contribution in [2.45, 2.75) is 155 Å². The van der Waals surface area contributed by atoms with Crippen molar-refractivity contribution in [3.05, 3.63) is 145 Å². The van der Waals surface area contributed by atoms with Gasteiger partial charge in [-0.25, -0.2) is 28.2 Å². The molecule has 0 unspecified atom stereocenters. The number of aliphatic hydroxyl groups is 4. The first-order valence-corrected chi connectivity index (χ1v) is 30.1. The van der Waals surface area contributed by atoms with Gasteiger partial charge in [0.15, 0.2) is 49.6 Å². The fraction of sp³-hybridized carbons (Fsp3) is 0.412. The molecule has 12 heteroatoms. The number of fused-ring (bicyclic) bond motifs is 8. The Balaban J connectivity index is 1.25. The van der Waals surface area contributed by atoms with Crippen molar-refractivity contribution in [3.8, 4) is 44.5 Å². The van der Waals surface area contributed by atoms with Gasteiger partial charge in [-0.2, -0.15) is 0 Å². The van der Waals surface area contributed by atoms with Crippen LogP contribution in [0, 0.1) is 0 Å². The van der Waals surface area contributed by atoms with Crippen LogP contribution in [0.5, 0.6) is 0 Å². The first-order valence-electron chi connectivity index (χ1n) is 30.1. The van der Waals surface area contributed by atoms with Crippen molar-refractivity contribution >= 4 is 46.4 Å². The van der Waals surface area contributed by atoms with Gasteiger partial charge in [-0.05, 0) is 124 Å². The van der Waals surface area contributed by atoms with Crippen LogP contribution in [0.25, 0.3) is 90.9 Å². The van der Waals surface area contributed by atoms with Crippen LogP contribution in [-0.2, 0) is 26.2 Å². The van der Waals surface area contributed by atoms with Crippen LogP contribution in [0.1, 0.15) is 151 Å². The maximum atomic E-state index is 9.35. The standard InChI is InChI=1S/C68H86N8O4/c77-45-17-9-1-5-13-37-73-41-21-25-53(49-73)65-57-29-31-59(69-57)66(54-26-22-42-74(50-54)38-14-6-2-10-18-46-78)61-33-35-63(71-61)68(56-28-24-44-76(52-56)40-16-8-4-12-20-48-80)64-36-34-62(72-64)67(60-32-30-58(65)70-60)55-27-23-43-75(51-55)39-15-7-3-11-19-47-79/h21-36,41-44,49-52,69,72,77-80H,1-20,37-40,45-48H2/q+4. The van der Waals surface area contributed by atoms with Crippen molar-refractivity contribution < 1.29 is 38.7 Å². The number of unbranched alkanes of at least 4 members (excludes halogenated alkanes) is 16. The fourth-order valence-corrected chi connectivity index (χ4v) is 11.4. The largest absolute Gasteiger partial charge is 0.396 e. The lowest BCUT2D eigenvalue weighted by Gasteiger charge is -2.07. The Bertz CT molecular complexity index is 2910. The number of aryl methyl sites for hydroxylation is 4. The lowest BCUT2D eigenvalue weighted by molar-refractivity contribution is -0.697. The second-order valence-corrected chi connectivity index (χ2v) is 21.8. The minimum Gasteiger partial charge on any atom is -0.396 e. The van der Waals surface area contributed by atoms with Crippen LogP contribution in [0.3, 0.4) is 0 Å². The number of aliphatic hydroxyl groups excluding tert-OH is 4. The molecular formula is C68H86N8O4+4. The van der Waals surface area contributed by atoms with E-state index >= 15 is 0 Å². The van der Waals surface area contributed by atoms with Crippen LogP contribution in [0.2, 0.25) is 0 Å². The van der Waals surface area contributed by atoms with E-state index < -0.39 is 0 Å². The minimum atomic E-state index is 0.252. The van der Waals surface area contributed by atoms with Gasteiger partial charge in [0.05, 0.1) is 22.8 Å². The quantitative estimate of drug-likeness (QED) is 0.0182. The van der Waals surface area contributed by atoms with E-state index in [9.17, 15) is 20.4 Å². The van der Waals surface area contributed by atoms with Crippen molar-refractivity contribution in [1.82, 2.24) is 19.9 Å². The monoisotopic (exact) mass is 1080 g/mol. The number of nitrogens with zero attached hydrogens (tertiary/aromatic N) is 6. The molecular weight excluding hydrogens is 993 g/mol. The Morgan fingerprint density at radius 1 is 0.287 bits per heavy atom. The minimum absolute atomic E-state index is 0.252. The number of aromatic nitrogens is 8. The molecule has 0 saturated heterocycles. The van der Waals surface area contributed by atoms with Gasteiger partial charge in [-0.1, -0.05) is 51.4 Å². The van der Waals surface area contributed by atoms with Gasteiger partial charge >= 0.3 is 0 Å². The highest BCUT2D eigenvalue weighted by Crippen LogP contribution is 2.38. The molecule has 418 valence electrons. The molecule has 7 aromatic heterocycles. The predicted molar refractivity (Wildman–Crippen MR) is 322 cm³/mol. The van der Waals surface area contributed by atoms with E-state index in [1.54, 1.807) is 0 Å². The van der Waals surface area contributed by atoms with Gasteiger partial charge in [0.2, 0.25) is 0 Å². The lowest BCUT2D eigenvalue weighted by Crippen LogP contribution is -2.32. The molecule has 9 rings (SSSR count). The number of pyridine rings is 4. The first-order chi connectivity index (χ1) is 39.5. The molecule has 80 heavy (non-hydrogen) atoms. The zero-order valence-electron chi connectivity index (χ0n) is 47.1. The van der Waals surface area contributed by atoms with Crippen molar-refractivity contribution in [1.29, 1.82) is 0 Å². The van der Waals surface area contributed by atoms with E-state index in [0.717, 1.165) is 244 Å². The van der Waals surface area contributed by atoms with E-state index in [1.165, 1.54) is 0 Å². The SMILES string of the molecule is OCCCCCCC[n+]1cccc(-c2c3nc(c(-c4ccc[n+](CCCCCCCO)c4)c4ccc([nH]4)c(-c4ccc[n+](CCCCCCCO)c4)c4nc(c(-c5ccc[n+](CCCCCCCO)c5)c5ccc2[nH]5)C=C4)C=C3)c1. The molecule has 0 atom stereocenters. The summed E-state index contributed by atoms with van der Waals surface area (Å²) in [7, 11) is 0. The summed E-state index contributed by atoms with van der Waals surface area (Å²) in [5.41, 5.74) is 15.7. The summed E-state index contributed by atoms with van der Waals surface area (Å²) in [6, 6.07) is 26.3. The molecule has 6 N–H and O–H groups in total. The topological polar surface area (TPSA) is 154 Å². The Morgan fingerprint density at radius 2 is 0.512 bits per heavy atom. The summed E-state index contributed by atoms with van der Waals surface area (Å²) in [6.07, 6.45) is 47.2. The molecule has 9 heterocycles. The molecule has 12 nitrogen and oxygen atoms in total. The van der Waals surface area contributed by atoms with Gasteiger partial charge in [0.25, 0.3) is 0 Å². The van der Waals surface area contributed by atoms with Crippen molar-refractivity contribution in [3.63, 3.8) is 0 Å². The Kier molecular flexibility index (Phi) is 22.1. The molecule has 0 spiro atoms. The van der Waals surface area contributed by atoms with Gasteiger partial charge in [0, 0.05) is 143 Å². The third kappa shape index (κ3) is 15.7. The highest BCUT2D eigenvalue weighted by Gasteiger charge is 2.22. The molecule has 2 aliphatic heterocycles. The third-order valence-corrected chi connectivity index (χ3v) is 15.6. The number of rotatable bonds is 32. The third-order valence-electron chi connectivity index (χ3n) is 15.6. The van der Waals surface area contributed by atoms with E-state index in [-0.39, 0.29) is 26.4 Å². The van der Waals surface area contributed by atoms with E-state index in [4.69, 9.17) is 9.97 Å². The van der Waals surface area contributed by atoms with Crippen molar-refractivity contribution in [2.24, 2.45) is 0 Å². The zero-order chi connectivity index (χ0) is 55.1. The summed E-state index contributed by atoms with van der Waals surface area (Å²) in [5, 5.41) is 37.4. The van der Waals surface area contributed by atoms with Gasteiger partial charge in [0.1, 0.15) is 26.2 Å². The summed E-state index contributed by atoms with van der Waals surface area (Å²) in [6.45, 7) is 4.59. The number of nitrogens with one attached hydrogen (secondary N) is 2. The van der Waals surface area contributed by atoms with Crippen molar-refractivity contribution in [2.75, 3.05) is 26.4 Å². The molecule has 0 fully saturated rings. The highest BCUT2D eigenvalue weighted by atomic mass is 16.3. The average Bonchev–Trinajstić information content (AvgIpc) is 4.35. The number of hydrogen-bond acceptors (Lipinski definition) is 6. The first kappa shape index (κ1) is 57.7. The normalized spacial score (nSPS) is 12.1. The lowest BCUT2D eigenvalue weighted by atomic mass is 10.1. The summed E-state index contributed by atoms with van der Waals surface area (Å²) >= 11 is 0. The van der Waals surface area contributed by atoms with Crippen LogP contribution in [-0.4, -0.2) is 66.8 Å². The molecule has 0 radical (unpaired) electrons. The maximum Gasteiger partial charge on any atom is 0.176 e. The van der Waals surface area contributed by atoms with E-state index in [1.807, 2.05) is 0 Å². The molecule has 0 aromatic carbocycles. The maximum absolute atomic E-state index is 9.35. The van der Waals surface area contributed by atoms with Gasteiger partial charge < -0.3 is 30.4 Å². The number of H-pyrrole nitrogens is 2. The van der Waals surface area contributed by atoms with E-state index in [2.05, 4.69) is 175 Å². The Labute approximate surface area is 473 Å². The summed E-state index contributed by atoms with van der Waals surface area (Å²) < 4.78 is 9.22. The molecule has 0 amide bonds. The van der Waals surface area contributed by atoms with Crippen LogP contribution in [0.15, 0.2) is 122 Å². The molecule has 0 aliphatic carbocycles. The second-order valence-electron chi connectivity index (χ2n) is 21.8. The van der Waals surface area contributed by atoms with Crippen LogP contribution in [0.4, 0.5) is 0 Å². The zero-order valence-corrected chi connectivity index (χ0v) is 47.1. The molecule has 0 saturated carbocycles. The predicted octanol–water partition coefficient (Wildman–Crippen LogP) is 12.2. The number of aromatic amines is 2. The smallest absolute Gasteiger partial charge is 0.176 e. The fourth-order valence-electron chi connectivity index (χ4n) is 11.4. The Morgan fingerprint density at radius 3 is 0.750 bits per heavy atom. The van der Waals surface area contributed by atoms with Crippen LogP contribution >= 0.6 is 0 Å². The Hall–Kier alpha value is -6.96. The average molecular weight is 1080 g/mol. The van der Waals surface area contributed by atoms with Gasteiger partial charge in [-0.15, -0.1) is 0 Å². The number of hydrogen-bond donors (Lipinski definition) is 6. The second kappa shape index (κ2) is 30.6. The van der Waals surface area contributed by atoms with Gasteiger partial charge in [-0.3, -0.25) is 0 Å². The van der Waals surface area contributed by atoms with Crippen LogP contribution < -0.4 is 18.3 Å². The summed E-state index contributed by atoms with van der Waals surface area (Å²) in [4.78, 5) is 19.3. The molecule has 7 aromatic rings. The van der Waals surface area contributed by atoms with E-state index in [0.29, 0.717) is 0 Å². The highest BCUT2D eigenvalue weighted by molar-refractivity contribution is 5.99.